The molecular formula is C12H15N3O3S. The molecule has 0 unspecified atom stereocenters. The molecule has 0 fully saturated rings. The van der Waals surface area contributed by atoms with Crippen LogP contribution >= 0.6 is 0 Å². The van der Waals surface area contributed by atoms with Crippen LogP contribution < -0.4 is 5.32 Å². The van der Waals surface area contributed by atoms with E-state index in [1.165, 1.54) is 0 Å². The van der Waals surface area contributed by atoms with Gasteiger partial charge in [-0.1, -0.05) is 24.2 Å². The number of aromatic nitrogens is 2. The molecule has 19 heavy (non-hydrogen) atoms. The second kappa shape index (κ2) is 5.40. The molecule has 1 aromatic heterocycles. The fraction of sp³-hybridized carbons (Fsp3) is 0.333. The van der Waals surface area contributed by atoms with E-state index in [2.05, 4.69) is 15.5 Å². The lowest BCUT2D eigenvalue weighted by atomic mass is 10.3. The van der Waals surface area contributed by atoms with Crippen molar-refractivity contribution in [2.75, 3.05) is 11.1 Å². The molecule has 102 valence electrons. The minimum absolute atomic E-state index is 0.0609. The van der Waals surface area contributed by atoms with Gasteiger partial charge in [0, 0.05) is 0 Å². The molecular weight excluding hydrogens is 266 g/mol. The minimum Gasteiger partial charge on any atom is -0.375 e. The molecule has 1 heterocycles. The number of hydrogen-bond donors (Lipinski definition) is 1. The van der Waals surface area contributed by atoms with E-state index >= 15 is 0 Å². The van der Waals surface area contributed by atoms with Gasteiger partial charge in [0.2, 0.25) is 5.89 Å². The zero-order valence-electron chi connectivity index (χ0n) is 10.8. The molecule has 0 aliphatic carbocycles. The Balaban J connectivity index is 2.21. The van der Waals surface area contributed by atoms with Gasteiger partial charge in [-0.3, -0.25) is 0 Å². The summed E-state index contributed by atoms with van der Waals surface area (Å²) in [6.07, 6.45) is 0. The van der Waals surface area contributed by atoms with E-state index in [1.54, 1.807) is 38.1 Å². The van der Waals surface area contributed by atoms with E-state index in [0.29, 0.717) is 17.4 Å². The molecule has 0 radical (unpaired) electrons. The number of sulfone groups is 1. The summed E-state index contributed by atoms with van der Waals surface area (Å²) in [6.45, 7) is 3.63. The summed E-state index contributed by atoms with van der Waals surface area (Å²) in [4.78, 5) is 4.33. The van der Waals surface area contributed by atoms with E-state index in [1.807, 2.05) is 0 Å². The highest BCUT2D eigenvalue weighted by Crippen LogP contribution is 2.22. The number of benzene rings is 1. The summed E-state index contributed by atoms with van der Waals surface area (Å²) < 4.78 is 28.9. The fourth-order valence-corrected chi connectivity index (χ4v) is 2.69. The summed E-state index contributed by atoms with van der Waals surface area (Å²) in [6, 6.07) is 6.77. The number of rotatable bonds is 5. The van der Waals surface area contributed by atoms with E-state index < -0.39 is 9.84 Å². The molecule has 1 aromatic carbocycles. The van der Waals surface area contributed by atoms with E-state index in [9.17, 15) is 8.42 Å². The second-order valence-corrected chi connectivity index (χ2v) is 6.24. The predicted molar refractivity (Wildman–Crippen MR) is 70.5 cm³/mol. The topological polar surface area (TPSA) is 85.1 Å². The summed E-state index contributed by atoms with van der Waals surface area (Å²) in [5, 5.41) is 6.68. The van der Waals surface area contributed by atoms with E-state index in [-0.39, 0.29) is 17.2 Å². The predicted octanol–water partition coefficient (Wildman–Crippen LogP) is 1.78. The zero-order valence-corrected chi connectivity index (χ0v) is 11.6. The van der Waals surface area contributed by atoms with Gasteiger partial charge in [0.25, 0.3) is 0 Å². The Bertz CT molecular complexity index is 664. The lowest BCUT2D eigenvalue weighted by molar-refractivity contribution is 0.379. The Morgan fingerprint density at radius 1 is 1.32 bits per heavy atom. The first-order valence-electron chi connectivity index (χ1n) is 5.88. The summed E-state index contributed by atoms with van der Waals surface area (Å²) >= 11 is 0. The molecule has 1 N–H and O–H groups in total. The van der Waals surface area contributed by atoms with Crippen molar-refractivity contribution in [2.45, 2.75) is 25.3 Å². The largest absolute Gasteiger partial charge is 0.375 e. The fourth-order valence-electron chi connectivity index (χ4n) is 1.62. The number of para-hydroxylation sites is 1. The highest BCUT2D eigenvalue weighted by Gasteiger charge is 2.16. The first-order chi connectivity index (χ1) is 9.03. The third kappa shape index (κ3) is 3.11. The molecule has 0 atom stereocenters. The van der Waals surface area contributed by atoms with Crippen molar-refractivity contribution in [2.24, 2.45) is 0 Å². The molecule has 0 bridgehead atoms. The van der Waals surface area contributed by atoms with Crippen molar-refractivity contribution < 1.29 is 12.9 Å². The monoisotopic (exact) mass is 281 g/mol. The maximum absolute atomic E-state index is 11.9. The van der Waals surface area contributed by atoms with Crippen LogP contribution in [0.4, 0.5) is 5.69 Å². The van der Waals surface area contributed by atoms with Crippen LogP contribution in [0.1, 0.15) is 18.6 Å². The number of anilines is 1. The summed E-state index contributed by atoms with van der Waals surface area (Å²) in [7, 11) is -3.26. The van der Waals surface area contributed by atoms with Crippen LogP contribution in [-0.2, 0) is 16.4 Å². The average Bonchev–Trinajstić information content (AvgIpc) is 2.82. The van der Waals surface area contributed by atoms with Crippen LogP contribution in [-0.4, -0.2) is 24.3 Å². The molecule has 7 heteroatoms. The van der Waals surface area contributed by atoms with Gasteiger partial charge in [-0.15, -0.1) is 0 Å². The lowest BCUT2D eigenvalue weighted by Crippen LogP contribution is -2.09. The molecule has 0 saturated heterocycles. The van der Waals surface area contributed by atoms with E-state index in [4.69, 9.17) is 4.52 Å². The molecule has 0 saturated carbocycles. The van der Waals surface area contributed by atoms with Gasteiger partial charge >= 0.3 is 0 Å². The van der Waals surface area contributed by atoms with Crippen LogP contribution in [0, 0.1) is 6.92 Å². The minimum atomic E-state index is -3.26. The number of aryl methyl sites for hydroxylation is 1. The van der Waals surface area contributed by atoms with Crippen molar-refractivity contribution in [3.8, 4) is 0 Å². The maximum Gasteiger partial charge on any atom is 0.245 e. The Morgan fingerprint density at radius 2 is 2.05 bits per heavy atom. The second-order valence-electron chi connectivity index (χ2n) is 3.99. The first kappa shape index (κ1) is 13.5. The molecule has 0 spiro atoms. The van der Waals surface area contributed by atoms with Crippen molar-refractivity contribution in [1.82, 2.24) is 10.1 Å². The summed E-state index contributed by atoms with van der Waals surface area (Å²) in [5.74, 6) is 1.03. The molecule has 2 aromatic rings. The quantitative estimate of drug-likeness (QED) is 0.899. The third-order valence-electron chi connectivity index (χ3n) is 2.60. The number of nitrogens with zero attached hydrogens (tertiary/aromatic N) is 2. The first-order valence-corrected chi connectivity index (χ1v) is 7.53. The van der Waals surface area contributed by atoms with Crippen LogP contribution in [0.5, 0.6) is 0 Å². The third-order valence-corrected chi connectivity index (χ3v) is 4.39. The van der Waals surface area contributed by atoms with Gasteiger partial charge in [-0.25, -0.2) is 8.42 Å². The van der Waals surface area contributed by atoms with Crippen molar-refractivity contribution in [3.05, 3.63) is 36.0 Å². The Labute approximate surface area is 111 Å². The Hall–Kier alpha value is -1.89. The van der Waals surface area contributed by atoms with Crippen molar-refractivity contribution in [3.63, 3.8) is 0 Å². The van der Waals surface area contributed by atoms with Gasteiger partial charge in [0.15, 0.2) is 15.7 Å². The van der Waals surface area contributed by atoms with Gasteiger partial charge in [-0.2, -0.15) is 4.98 Å². The van der Waals surface area contributed by atoms with E-state index in [0.717, 1.165) is 0 Å². The van der Waals surface area contributed by atoms with Crippen LogP contribution in [0.15, 0.2) is 33.7 Å². The molecule has 2 rings (SSSR count). The van der Waals surface area contributed by atoms with Gasteiger partial charge in [0.05, 0.1) is 22.9 Å². The lowest BCUT2D eigenvalue weighted by Gasteiger charge is -2.09. The summed E-state index contributed by atoms with van der Waals surface area (Å²) in [5.41, 5.74) is 0.542. The SMILES string of the molecule is CCS(=O)(=O)c1ccccc1NCc1nc(C)no1. The van der Waals surface area contributed by atoms with Crippen LogP contribution in [0.2, 0.25) is 0 Å². The maximum atomic E-state index is 11.9. The highest BCUT2D eigenvalue weighted by atomic mass is 32.2. The normalized spacial score (nSPS) is 11.5. The van der Waals surface area contributed by atoms with Gasteiger partial charge in [0.1, 0.15) is 0 Å². The highest BCUT2D eigenvalue weighted by molar-refractivity contribution is 7.91. The smallest absolute Gasteiger partial charge is 0.245 e. The zero-order chi connectivity index (χ0) is 13.9. The van der Waals surface area contributed by atoms with Crippen molar-refractivity contribution in [1.29, 1.82) is 0 Å². The average molecular weight is 281 g/mol. The van der Waals surface area contributed by atoms with Gasteiger partial charge in [-0.05, 0) is 19.1 Å². The van der Waals surface area contributed by atoms with Crippen molar-refractivity contribution >= 4 is 15.5 Å². The van der Waals surface area contributed by atoms with Gasteiger partial charge < -0.3 is 9.84 Å². The molecule has 6 nitrogen and oxygen atoms in total. The number of nitrogens with one attached hydrogen (secondary N) is 1. The molecule has 0 aliphatic heterocycles. The Kier molecular flexibility index (Phi) is 3.84. The molecule has 0 amide bonds. The molecule has 0 aliphatic rings. The standard InChI is InChI=1S/C12H15N3O3S/c1-3-19(16,17)11-7-5-4-6-10(11)13-8-12-14-9(2)15-18-12/h4-7,13H,3,8H2,1-2H3. The number of hydrogen-bond acceptors (Lipinski definition) is 6. The Morgan fingerprint density at radius 3 is 2.68 bits per heavy atom. The van der Waals surface area contributed by atoms with Crippen LogP contribution in [0.3, 0.4) is 0 Å². The van der Waals surface area contributed by atoms with Crippen LogP contribution in [0.25, 0.3) is 0 Å².